The third-order valence-electron chi connectivity index (χ3n) is 4.55. The number of benzene rings is 1. The van der Waals surface area contributed by atoms with Crippen LogP contribution >= 0.6 is 11.6 Å². The Kier molecular flexibility index (Phi) is 5.83. The Morgan fingerprint density at radius 3 is 2.54 bits per heavy atom. The number of carbonyl (C=O) groups is 2. The summed E-state index contributed by atoms with van der Waals surface area (Å²) in [5, 5.41) is 3.49. The minimum absolute atomic E-state index is 0.0491. The van der Waals surface area contributed by atoms with Gasteiger partial charge in [0.2, 0.25) is 5.91 Å². The van der Waals surface area contributed by atoms with Crippen LogP contribution in [-0.2, 0) is 4.79 Å². The monoisotopic (exact) mass is 375 g/mol. The number of anilines is 1. The number of piperazine rings is 1. The lowest BCUT2D eigenvalue weighted by Gasteiger charge is -2.36. The van der Waals surface area contributed by atoms with Crippen LogP contribution in [0, 0.1) is 6.92 Å². The lowest BCUT2D eigenvalue weighted by molar-refractivity contribution is -0.131. The number of halogens is 1. The molecular weight excluding hydrogens is 354 g/mol. The highest BCUT2D eigenvalue weighted by Gasteiger charge is 2.22. The second-order valence-corrected chi connectivity index (χ2v) is 6.62. The van der Waals surface area contributed by atoms with Crippen molar-refractivity contribution in [3.05, 3.63) is 52.9 Å². The SMILES string of the molecule is Cc1occc1C(=O)NCCC(=O)N1CCN(c2ccccc2Cl)CC1. The zero-order valence-corrected chi connectivity index (χ0v) is 15.5. The van der Waals surface area contributed by atoms with Crippen molar-refractivity contribution < 1.29 is 14.0 Å². The Bertz CT molecular complexity index is 782. The van der Waals surface area contributed by atoms with Gasteiger partial charge in [0.15, 0.2) is 0 Å². The Hall–Kier alpha value is -2.47. The normalized spacial score (nSPS) is 14.4. The van der Waals surface area contributed by atoms with E-state index in [1.165, 1.54) is 6.26 Å². The Morgan fingerprint density at radius 1 is 1.15 bits per heavy atom. The summed E-state index contributed by atoms with van der Waals surface area (Å²) in [4.78, 5) is 28.4. The average Bonchev–Trinajstić information content (AvgIpc) is 3.08. The van der Waals surface area contributed by atoms with Crippen LogP contribution in [-0.4, -0.2) is 49.4 Å². The van der Waals surface area contributed by atoms with Crippen molar-refractivity contribution in [1.82, 2.24) is 10.2 Å². The molecule has 3 rings (SSSR count). The van der Waals surface area contributed by atoms with E-state index in [4.69, 9.17) is 16.0 Å². The molecule has 0 aliphatic carbocycles. The minimum Gasteiger partial charge on any atom is -0.469 e. The predicted octanol–water partition coefficient (Wildman–Crippen LogP) is 2.71. The molecule has 6 nitrogen and oxygen atoms in total. The van der Waals surface area contributed by atoms with E-state index >= 15 is 0 Å². The summed E-state index contributed by atoms with van der Waals surface area (Å²) in [5.41, 5.74) is 1.51. The highest BCUT2D eigenvalue weighted by Crippen LogP contribution is 2.26. The maximum atomic E-state index is 12.4. The summed E-state index contributed by atoms with van der Waals surface area (Å²) in [7, 11) is 0. The second-order valence-electron chi connectivity index (χ2n) is 6.22. The maximum absolute atomic E-state index is 12.4. The topological polar surface area (TPSA) is 65.8 Å². The number of hydrogen-bond acceptors (Lipinski definition) is 4. The molecule has 0 atom stereocenters. The molecule has 0 saturated carbocycles. The maximum Gasteiger partial charge on any atom is 0.254 e. The van der Waals surface area contributed by atoms with E-state index in [0.29, 0.717) is 31.0 Å². The lowest BCUT2D eigenvalue weighted by atomic mass is 10.2. The summed E-state index contributed by atoms with van der Waals surface area (Å²) in [6.07, 6.45) is 1.77. The van der Waals surface area contributed by atoms with E-state index in [2.05, 4.69) is 10.2 Å². The molecule has 0 unspecified atom stereocenters. The fourth-order valence-corrected chi connectivity index (χ4v) is 3.32. The molecule has 1 N–H and O–H groups in total. The molecular formula is C19H22ClN3O3. The number of amides is 2. The van der Waals surface area contributed by atoms with E-state index in [-0.39, 0.29) is 18.2 Å². The van der Waals surface area contributed by atoms with Crippen molar-refractivity contribution in [2.24, 2.45) is 0 Å². The van der Waals surface area contributed by atoms with Crippen molar-refractivity contribution in [3.8, 4) is 0 Å². The molecule has 1 aliphatic heterocycles. The molecule has 0 bridgehead atoms. The van der Waals surface area contributed by atoms with Gasteiger partial charge in [-0.3, -0.25) is 9.59 Å². The van der Waals surface area contributed by atoms with E-state index in [1.807, 2.05) is 29.2 Å². The van der Waals surface area contributed by atoms with E-state index < -0.39 is 0 Å². The van der Waals surface area contributed by atoms with Gasteiger partial charge in [-0.05, 0) is 25.1 Å². The second kappa shape index (κ2) is 8.27. The van der Waals surface area contributed by atoms with E-state index in [1.54, 1.807) is 13.0 Å². The molecule has 1 aliphatic rings. The van der Waals surface area contributed by atoms with Crippen LogP contribution in [0.1, 0.15) is 22.5 Å². The van der Waals surface area contributed by atoms with Gasteiger partial charge >= 0.3 is 0 Å². The van der Waals surface area contributed by atoms with Gasteiger partial charge in [0.1, 0.15) is 5.76 Å². The molecule has 26 heavy (non-hydrogen) atoms. The Balaban J connectivity index is 1.43. The number of carbonyl (C=O) groups excluding carboxylic acids is 2. The lowest BCUT2D eigenvalue weighted by Crippen LogP contribution is -2.49. The number of aryl methyl sites for hydroxylation is 1. The van der Waals surface area contributed by atoms with Crippen LogP contribution in [0.5, 0.6) is 0 Å². The molecule has 1 aromatic heterocycles. The Labute approximate surface area is 157 Å². The van der Waals surface area contributed by atoms with Gasteiger partial charge in [0, 0.05) is 39.1 Å². The van der Waals surface area contributed by atoms with Crippen LogP contribution in [0.4, 0.5) is 5.69 Å². The van der Waals surface area contributed by atoms with Gasteiger partial charge in [-0.2, -0.15) is 0 Å². The van der Waals surface area contributed by atoms with Crippen molar-refractivity contribution in [3.63, 3.8) is 0 Å². The zero-order chi connectivity index (χ0) is 18.5. The molecule has 1 fully saturated rings. The summed E-state index contributed by atoms with van der Waals surface area (Å²) in [5.74, 6) is 0.408. The highest BCUT2D eigenvalue weighted by atomic mass is 35.5. The van der Waals surface area contributed by atoms with Crippen LogP contribution in [0.15, 0.2) is 41.0 Å². The third kappa shape index (κ3) is 4.19. The van der Waals surface area contributed by atoms with Gasteiger partial charge in [-0.15, -0.1) is 0 Å². The molecule has 1 aromatic carbocycles. The first-order valence-electron chi connectivity index (χ1n) is 8.66. The molecule has 2 heterocycles. The number of rotatable bonds is 5. The first-order valence-corrected chi connectivity index (χ1v) is 9.03. The van der Waals surface area contributed by atoms with Crippen molar-refractivity contribution in [2.45, 2.75) is 13.3 Å². The quantitative estimate of drug-likeness (QED) is 0.872. The van der Waals surface area contributed by atoms with Crippen LogP contribution in [0.3, 0.4) is 0 Å². The number of nitrogens with zero attached hydrogens (tertiary/aromatic N) is 2. The predicted molar refractivity (Wildman–Crippen MR) is 101 cm³/mol. The highest BCUT2D eigenvalue weighted by molar-refractivity contribution is 6.33. The van der Waals surface area contributed by atoms with Gasteiger partial charge in [-0.25, -0.2) is 0 Å². The summed E-state index contributed by atoms with van der Waals surface area (Å²) < 4.78 is 5.11. The first kappa shape index (κ1) is 18.3. The summed E-state index contributed by atoms with van der Waals surface area (Å²) in [6.45, 7) is 4.84. The van der Waals surface area contributed by atoms with Gasteiger partial charge in [0.25, 0.3) is 5.91 Å². The summed E-state index contributed by atoms with van der Waals surface area (Å²) in [6, 6.07) is 9.36. The molecule has 138 valence electrons. The van der Waals surface area contributed by atoms with E-state index in [9.17, 15) is 9.59 Å². The number of nitrogens with one attached hydrogen (secondary N) is 1. The molecule has 1 saturated heterocycles. The fraction of sp³-hybridized carbons (Fsp3) is 0.368. The smallest absolute Gasteiger partial charge is 0.254 e. The number of para-hydroxylation sites is 1. The Morgan fingerprint density at radius 2 is 1.88 bits per heavy atom. The average molecular weight is 376 g/mol. The number of furan rings is 1. The van der Waals surface area contributed by atoms with Crippen LogP contribution in [0.25, 0.3) is 0 Å². The van der Waals surface area contributed by atoms with Crippen LogP contribution in [0.2, 0.25) is 5.02 Å². The van der Waals surface area contributed by atoms with E-state index in [0.717, 1.165) is 23.8 Å². The number of hydrogen-bond donors (Lipinski definition) is 1. The first-order chi connectivity index (χ1) is 12.6. The van der Waals surface area contributed by atoms with Gasteiger partial charge < -0.3 is 19.5 Å². The molecule has 2 amide bonds. The zero-order valence-electron chi connectivity index (χ0n) is 14.7. The van der Waals surface area contributed by atoms with Gasteiger partial charge in [-0.1, -0.05) is 23.7 Å². The molecule has 7 heteroatoms. The standard InChI is InChI=1S/C19H22ClN3O3/c1-14-15(7-13-26-14)19(25)21-8-6-18(24)23-11-9-22(10-12-23)17-5-3-2-4-16(17)20/h2-5,7,13H,6,8-12H2,1H3,(H,21,25). The van der Waals surface area contributed by atoms with Gasteiger partial charge in [0.05, 0.1) is 22.5 Å². The molecule has 0 radical (unpaired) electrons. The van der Waals surface area contributed by atoms with Crippen LogP contribution < -0.4 is 10.2 Å². The largest absolute Gasteiger partial charge is 0.469 e. The molecule has 2 aromatic rings. The van der Waals surface area contributed by atoms with Crippen molar-refractivity contribution >= 4 is 29.1 Å². The fourth-order valence-electron chi connectivity index (χ4n) is 3.06. The van der Waals surface area contributed by atoms with Crippen molar-refractivity contribution in [2.75, 3.05) is 37.6 Å². The molecule has 0 spiro atoms. The van der Waals surface area contributed by atoms with Crippen molar-refractivity contribution in [1.29, 1.82) is 0 Å². The minimum atomic E-state index is -0.215. The summed E-state index contributed by atoms with van der Waals surface area (Å²) >= 11 is 6.24. The third-order valence-corrected chi connectivity index (χ3v) is 4.87.